The minimum atomic E-state index is -4.57. The summed E-state index contributed by atoms with van der Waals surface area (Å²) in [6.07, 6.45) is -5.72. The van der Waals surface area contributed by atoms with Crippen LogP contribution in [0.4, 0.5) is 18.0 Å². The highest BCUT2D eigenvalue weighted by Gasteiger charge is 2.29. The summed E-state index contributed by atoms with van der Waals surface area (Å²) in [5.41, 5.74) is 0.543. The van der Waals surface area contributed by atoms with E-state index in [1.807, 2.05) is 0 Å². The maximum absolute atomic E-state index is 12.0. The lowest BCUT2D eigenvalue weighted by Crippen LogP contribution is -2.30. The zero-order valence-electron chi connectivity index (χ0n) is 14.3. The van der Waals surface area contributed by atoms with E-state index in [0.29, 0.717) is 28.1 Å². The second-order valence-electron chi connectivity index (χ2n) is 4.88. The van der Waals surface area contributed by atoms with E-state index in [1.54, 1.807) is 18.2 Å². The van der Waals surface area contributed by atoms with E-state index in [4.69, 9.17) is 9.47 Å². The molecule has 0 bridgehead atoms. The van der Waals surface area contributed by atoms with E-state index in [1.165, 1.54) is 30.7 Å². The molecule has 1 aromatic heterocycles. The van der Waals surface area contributed by atoms with Crippen LogP contribution in [0.5, 0.6) is 11.5 Å². The summed E-state index contributed by atoms with van der Waals surface area (Å²) in [6, 6.07) is 5.10. The van der Waals surface area contributed by atoms with Gasteiger partial charge >= 0.3 is 12.3 Å². The van der Waals surface area contributed by atoms with E-state index in [0.717, 1.165) is 0 Å². The summed E-state index contributed by atoms with van der Waals surface area (Å²) in [6.45, 7) is -1.58. The molecule has 0 radical (unpaired) electrons. The molecule has 0 unspecified atom stereocenters. The molecule has 0 atom stereocenters. The number of alkyl halides is 3. The zero-order valence-corrected chi connectivity index (χ0v) is 15.1. The molecule has 0 spiro atoms. The van der Waals surface area contributed by atoms with Crippen molar-refractivity contribution in [2.75, 3.05) is 33.1 Å². The molecule has 148 valence electrons. The van der Waals surface area contributed by atoms with E-state index >= 15 is 0 Å². The molecule has 0 saturated heterocycles. The van der Waals surface area contributed by atoms with Gasteiger partial charge in [0.05, 0.1) is 14.2 Å². The van der Waals surface area contributed by atoms with Crippen LogP contribution in [0.15, 0.2) is 23.4 Å². The summed E-state index contributed by atoms with van der Waals surface area (Å²) in [5.74, 6) is 1.39. The number of tetrazole rings is 1. The largest absolute Gasteiger partial charge is 0.497 e. The van der Waals surface area contributed by atoms with Gasteiger partial charge in [-0.15, -0.1) is 5.10 Å². The van der Waals surface area contributed by atoms with Gasteiger partial charge in [-0.2, -0.15) is 17.9 Å². The highest BCUT2D eigenvalue weighted by Crippen LogP contribution is 2.29. The smallest absolute Gasteiger partial charge is 0.422 e. The molecule has 1 N–H and O–H groups in total. The molecule has 13 heteroatoms. The minimum absolute atomic E-state index is 0.0590. The fraction of sp³-hybridized carbons (Fsp3) is 0.429. The topological polar surface area (TPSA) is 100 Å². The summed E-state index contributed by atoms with van der Waals surface area (Å²) < 4.78 is 51.8. The van der Waals surface area contributed by atoms with Crippen molar-refractivity contribution in [1.29, 1.82) is 0 Å². The lowest BCUT2D eigenvalue weighted by atomic mass is 10.3. The second kappa shape index (κ2) is 9.30. The molecule has 0 saturated carbocycles. The normalized spacial score (nSPS) is 11.1. The number of hydrogen-bond donors (Lipinski definition) is 1. The number of benzene rings is 1. The Morgan fingerprint density at radius 2 is 2.07 bits per heavy atom. The molecule has 1 heterocycles. The lowest BCUT2D eigenvalue weighted by molar-refractivity contribution is -0.160. The van der Waals surface area contributed by atoms with Crippen LogP contribution in [0, 0.1) is 0 Å². The van der Waals surface area contributed by atoms with Gasteiger partial charge in [0.25, 0.3) is 0 Å². The average molecular weight is 407 g/mol. The van der Waals surface area contributed by atoms with Crippen molar-refractivity contribution in [3.63, 3.8) is 0 Å². The number of methoxy groups -OCH3 is 2. The van der Waals surface area contributed by atoms with Gasteiger partial charge in [0.2, 0.25) is 5.16 Å². The third-order valence-corrected chi connectivity index (χ3v) is 3.95. The third-order valence-electron chi connectivity index (χ3n) is 3.02. The fourth-order valence-corrected chi connectivity index (χ4v) is 2.61. The van der Waals surface area contributed by atoms with Crippen LogP contribution in [0.2, 0.25) is 0 Å². The van der Waals surface area contributed by atoms with Gasteiger partial charge in [-0.3, -0.25) is 0 Å². The molecular formula is C14H16F3N5O4S. The Morgan fingerprint density at radius 3 is 2.74 bits per heavy atom. The Balaban J connectivity index is 1.94. The van der Waals surface area contributed by atoms with Crippen molar-refractivity contribution < 1.29 is 32.2 Å². The third kappa shape index (κ3) is 6.20. The number of halogens is 3. The fourth-order valence-electron chi connectivity index (χ4n) is 1.88. The number of hydrogen-bond acceptors (Lipinski definition) is 8. The van der Waals surface area contributed by atoms with Crippen LogP contribution in [-0.2, 0) is 4.74 Å². The Hall–Kier alpha value is -2.70. The SMILES string of the molecule is COc1ccc(OC)c(-n2nnnc2SCCNC(=O)OCC(F)(F)F)c1. The van der Waals surface area contributed by atoms with E-state index in [2.05, 4.69) is 25.6 Å². The highest BCUT2D eigenvalue weighted by molar-refractivity contribution is 7.99. The number of nitrogens with one attached hydrogen (secondary N) is 1. The Kier molecular flexibility index (Phi) is 7.10. The summed E-state index contributed by atoms with van der Waals surface area (Å²) >= 11 is 1.18. The van der Waals surface area contributed by atoms with Crippen molar-refractivity contribution in [3.05, 3.63) is 18.2 Å². The van der Waals surface area contributed by atoms with Gasteiger partial charge in [-0.25, -0.2) is 4.79 Å². The van der Waals surface area contributed by atoms with Crippen LogP contribution >= 0.6 is 11.8 Å². The number of carbonyl (C=O) groups excluding carboxylic acids is 1. The first kappa shape index (κ1) is 20.6. The first-order chi connectivity index (χ1) is 12.8. The quantitative estimate of drug-likeness (QED) is 0.524. The molecule has 9 nitrogen and oxygen atoms in total. The standard InChI is InChI=1S/C14H16F3N5O4S/c1-24-9-3-4-11(25-2)10(7-9)22-12(19-20-21-22)27-6-5-18-13(23)26-8-14(15,16)17/h3-4,7H,5-6,8H2,1-2H3,(H,18,23). The molecule has 1 aromatic carbocycles. The van der Waals surface area contributed by atoms with E-state index in [9.17, 15) is 18.0 Å². The van der Waals surface area contributed by atoms with Crippen LogP contribution in [-0.4, -0.2) is 65.6 Å². The highest BCUT2D eigenvalue weighted by atomic mass is 32.2. The van der Waals surface area contributed by atoms with Crippen molar-refractivity contribution in [2.24, 2.45) is 0 Å². The predicted molar refractivity (Wildman–Crippen MR) is 88.4 cm³/mol. The summed E-state index contributed by atoms with van der Waals surface area (Å²) in [7, 11) is 3.02. The van der Waals surface area contributed by atoms with E-state index in [-0.39, 0.29) is 6.54 Å². The molecule has 0 aliphatic heterocycles. The van der Waals surface area contributed by atoms with Crippen molar-refractivity contribution in [1.82, 2.24) is 25.5 Å². The Labute approximate surface area is 156 Å². The van der Waals surface area contributed by atoms with Crippen LogP contribution < -0.4 is 14.8 Å². The van der Waals surface area contributed by atoms with Gasteiger partial charge in [0, 0.05) is 18.4 Å². The van der Waals surface area contributed by atoms with Crippen molar-refractivity contribution in [2.45, 2.75) is 11.3 Å². The number of carbonyl (C=O) groups is 1. The first-order valence-electron chi connectivity index (χ1n) is 7.45. The molecule has 1 amide bonds. The molecule has 27 heavy (non-hydrogen) atoms. The molecular weight excluding hydrogens is 391 g/mol. The Bertz CT molecular complexity index is 771. The van der Waals surface area contributed by atoms with Crippen LogP contribution in [0.1, 0.15) is 0 Å². The van der Waals surface area contributed by atoms with Gasteiger partial charge in [0.1, 0.15) is 17.2 Å². The molecule has 0 fully saturated rings. The molecule has 2 rings (SSSR count). The Morgan fingerprint density at radius 1 is 1.30 bits per heavy atom. The molecule has 2 aromatic rings. The predicted octanol–water partition coefficient (Wildman–Crippen LogP) is 2.06. The monoisotopic (exact) mass is 407 g/mol. The number of nitrogens with zero attached hydrogens (tertiary/aromatic N) is 4. The lowest BCUT2D eigenvalue weighted by Gasteiger charge is -2.11. The number of amides is 1. The zero-order chi connectivity index (χ0) is 19.9. The number of ether oxygens (including phenoxy) is 3. The van der Waals surface area contributed by atoms with Crippen molar-refractivity contribution in [3.8, 4) is 17.2 Å². The number of aromatic nitrogens is 4. The molecule has 0 aliphatic carbocycles. The maximum atomic E-state index is 12.0. The second-order valence-corrected chi connectivity index (χ2v) is 5.94. The van der Waals surface area contributed by atoms with E-state index < -0.39 is 18.9 Å². The van der Waals surface area contributed by atoms with Gasteiger partial charge in [0.15, 0.2) is 6.61 Å². The minimum Gasteiger partial charge on any atom is -0.497 e. The molecule has 0 aliphatic rings. The number of alkyl carbamates (subject to hydrolysis) is 1. The maximum Gasteiger partial charge on any atom is 0.422 e. The number of thioether (sulfide) groups is 1. The summed E-state index contributed by atoms with van der Waals surface area (Å²) in [4.78, 5) is 11.2. The van der Waals surface area contributed by atoms with Crippen LogP contribution in [0.25, 0.3) is 5.69 Å². The van der Waals surface area contributed by atoms with Gasteiger partial charge < -0.3 is 19.5 Å². The summed E-state index contributed by atoms with van der Waals surface area (Å²) in [5, 5.41) is 14.0. The number of rotatable bonds is 8. The van der Waals surface area contributed by atoms with Crippen LogP contribution in [0.3, 0.4) is 0 Å². The first-order valence-corrected chi connectivity index (χ1v) is 8.43. The van der Waals surface area contributed by atoms with Gasteiger partial charge in [-0.05, 0) is 22.6 Å². The van der Waals surface area contributed by atoms with Crippen molar-refractivity contribution >= 4 is 17.9 Å². The average Bonchev–Trinajstić information content (AvgIpc) is 3.10. The van der Waals surface area contributed by atoms with Gasteiger partial charge in [-0.1, -0.05) is 11.8 Å².